The average molecular weight is 466 g/mol. The Morgan fingerprint density at radius 2 is 1.81 bits per heavy atom. The highest BCUT2D eigenvalue weighted by Crippen LogP contribution is 2.31. The van der Waals surface area contributed by atoms with E-state index in [1.165, 1.54) is 11.8 Å². The minimum atomic E-state index is -0.199. The SMILES string of the molecule is COc1ccccc1OCCOc1ccc(Br)cc1C=C1SC(=S)NC1=O. The van der Waals surface area contributed by atoms with Gasteiger partial charge in [-0.15, -0.1) is 0 Å². The van der Waals surface area contributed by atoms with E-state index < -0.39 is 0 Å². The summed E-state index contributed by atoms with van der Waals surface area (Å²) in [6.07, 6.45) is 1.76. The molecule has 5 nitrogen and oxygen atoms in total. The van der Waals surface area contributed by atoms with Crippen molar-refractivity contribution in [1.29, 1.82) is 0 Å². The number of methoxy groups -OCH3 is 1. The Hall–Kier alpha value is -2.03. The Kier molecular flexibility index (Phi) is 6.76. The Morgan fingerprint density at radius 1 is 1.11 bits per heavy atom. The van der Waals surface area contributed by atoms with Crippen LogP contribution in [0.15, 0.2) is 51.8 Å². The summed E-state index contributed by atoms with van der Waals surface area (Å²) in [4.78, 5) is 12.4. The van der Waals surface area contributed by atoms with Crippen LogP contribution in [0.2, 0.25) is 0 Å². The molecule has 1 N–H and O–H groups in total. The van der Waals surface area contributed by atoms with Gasteiger partial charge < -0.3 is 19.5 Å². The number of rotatable bonds is 7. The molecule has 0 aromatic heterocycles. The van der Waals surface area contributed by atoms with Gasteiger partial charge >= 0.3 is 0 Å². The van der Waals surface area contributed by atoms with Crippen LogP contribution in [0.1, 0.15) is 5.56 Å². The van der Waals surface area contributed by atoms with Crippen molar-refractivity contribution in [3.63, 3.8) is 0 Å². The summed E-state index contributed by atoms with van der Waals surface area (Å²) in [5.41, 5.74) is 0.781. The van der Waals surface area contributed by atoms with Crippen LogP contribution in [0, 0.1) is 0 Å². The Morgan fingerprint density at radius 3 is 2.48 bits per heavy atom. The molecule has 0 radical (unpaired) electrons. The van der Waals surface area contributed by atoms with Crippen LogP contribution >= 0.6 is 39.9 Å². The first-order valence-corrected chi connectivity index (χ1v) is 10.0. The van der Waals surface area contributed by atoms with E-state index >= 15 is 0 Å². The molecule has 0 spiro atoms. The lowest BCUT2D eigenvalue weighted by atomic mass is 10.2. The summed E-state index contributed by atoms with van der Waals surface area (Å²) in [6, 6.07) is 13.1. The topological polar surface area (TPSA) is 56.8 Å². The molecule has 2 aromatic rings. The highest BCUT2D eigenvalue weighted by molar-refractivity contribution is 9.10. The zero-order valence-corrected chi connectivity index (χ0v) is 17.6. The number of ether oxygens (including phenoxy) is 3. The van der Waals surface area contributed by atoms with Crippen LogP contribution < -0.4 is 19.5 Å². The second kappa shape index (κ2) is 9.25. The largest absolute Gasteiger partial charge is 0.493 e. The number of hydrogen-bond acceptors (Lipinski definition) is 6. The number of halogens is 1. The van der Waals surface area contributed by atoms with Gasteiger partial charge in [-0.3, -0.25) is 4.79 Å². The number of carbonyl (C=O) groups excluding carboxylic acids is 1. The molecule has 2 aromatic carbocycles. The number of benzene rings is 2. The molecule has 140 valence electrons. The van der Waals surface area contributed by atoms with Crippen LogP contribution in [0.25, 0.3) is 6.08 Å². The Labute approximate surface area is 175 Å². The van der Waals surface area contributed by atoms with E-state index in [1.807, 2.05) is 42.5 Å². The molecule has 0 atom stereocenters. The smallest absolute Gasteiger partial charge is 0.263 e. The summed E-state index contributed by atoms with van der Waals surface area (Å²) < 4.78 is 18.2. The molecule has 1 amide bonds. The van der Waals surface area contributed by atoms with Gasteiger partial charge in [-0.2, -0.15) is 0 Å². The molecule has 1 fully saturated rings. The summed E-state index contributed by atoms with van der Waals surface area (Å²) >= 11 is 9.70. The average Bonchev–Trinajstić information content (AvgIpc) is 2.97. The van der Waals surface area contributed by atoms with Gasteiger partial charge in [0.15, 0.2) is 11.5 Å². The van der Waals surface area contributed by atoms with E-state index in [0.29, 0.717) is 39.7 Å². The van der Waals surface area contributed by atoms with Crippen LogP contribution in [0.3, 0.4) is 0 Å². The van der Waals surface area contributed by atoms with Crippen molar-refractivity contribution in [2.75, 3.05) is 20.3 Å². The summed E-state index contributed by atoms with van der Waals surface area (Å²) in [7, 11) is 1.60. The maximum absolute atomic E-state index is 11.9. The maximum atomic E-state index is 11.9. The lowest BCUT2D eigenvalue weighted by Crippen LogP contribution is -2.17. The quantitative estimate of drug-likeness (QED) is 0.371. The monoisotopic (exact) mass is 465 g/mol. The van der Waals surface area contributed by atoms with Crippen molar-refractivity contribution in [3.8, 4) is 17.2 Å². The number of amides is 1. The fourth-order valence-corrected chi connectivity index (χ4v) is 3.78. The predicted octanol–water partition coefficient (Wildman–Crippen LogP) is 4.40. The van der Waals surface area contributed by atoms with Gasteiger partial charge in [-0.25, -0.2) is 0 Å². The zero-order valence-electron chi connectivity index (χ0n) is 14.4. The molecular weight excluding hydrogens is 450 g/mol. The minimum absolute atomic E-state index is 0.199. The maximum Gasteiger partial charge on any atom is 0.263 e. The van der Waals surface area contributed by atoms with Gasteiger partial charge in [0, 0.05) is 10.0 Å². The highest BCUT2D eigenvalue weighted by atomic mass is 79.9. The molecule has 0 bridgehead atoms. The fraction of sp³-hybridized carbons (Fsp3) is 0.158. The molecule has 3 rings (SSSR count). The van der Waals surface area contributed by atoms with Gasteiger partial charge in [-0.1, -0.05) is 52.0 Å². The Bertz CT molecular complexity index is 901. The van der Waals surface area contributed by atoms with E-state index in [2.05, 4.69) is 21.2 Å². The molecule has 0 saturated carbocycles. The highest BCUT2D eigenvalue weighted by Gasteiger charge is 2.22. The summed E-state index contributed by atoms with van der Waals surface area (Å²) in [6.45, 7) is 0.694. The van der Waals surface area contributed by atoms with Gasteiger partial charge in [0.1, 0.15) is 23.3 Å². The first-order valence-electron chi connectivity index (χ1n) is 8.00. The number of thiocarbonyl (C=S) groups is 1. The van der Waals surface area contributed by atoms with Gasteiger partial charge in [-0.05, 0) is 36.4 Å². The fourth-order valence-electron chi connectivity index (χ4n) is 2.37. The minimum Gasteiger partial charge on any atom is -0.493 e. The molecule has 1 saturated heterocycles. The second-order valence-corrected chi connectivity index (χ2v) is 8.02. The molecule has 27 heavy (non-hydrogen) atoms. The zero-order chi connectivity index (χ0) is 19.2. The van der Waals surface area contributed by atoms with Crippen molar-refractivity contribution in [1.82, 2.24) is 5.32 Å². The third kappa shape index (κ3) is 5.24. The number of nitrogens with one attached hydrogen (secondary N) is 1. The van der Waals surface area contributed by atoms with E-state index in [1.54, 1.807) is 13.2 Å². The summed E-state index contributed by atoms with van der Waals surface area (Å²) in [5, 5.41) is 2.61. The van der Waals surface area contributed by atoms with E-state index in [4.69, 9.17) is 26.4 Å². The number of thioether (sulfide) groups is 1. The van der Waals surface area contributed by atoms with Gasteiger partial charge in [0.05, 0.1) is 12.0 Å². The second-order valence-electron chi connectivity index (χ2n) is 5.38. The van der Waals surface area contributed by atoms with E-state index in [9.17, 15) is 4.79 Å². The number of para-hydroxylation sites is 2. The third-order valence-corrected chi connectivity index (χ3v) is 5.22. The number of carbonyl (C=O) groups is 1. The van der Waals surface area contributed by atoms with Gasteiger partial charge in [0.2, 0.25) is 0 Å². The van der Waals surface area contributed by atoms with Crippen LogP contribution in [-0.2, 0) is 4.79 Å². The van der Waals surface area contributed by atoms with E-state index in [0.717, 1.165) is 10.0 Å². The normalized spacial score (nSPS) is 15.0. The summed E-state index contributed by atoms with van der Waals surface area (Å²) in [5.74, 6) is 1.79. The molecule has 1 heterocycles. The lowest BCUT2D eigenvalue weighted by Gasteiger charge is -2.12. The lowest BCUT2D eigenvalue weighted by molar-refractivity contribution is -0.115. The van der Waals surface area contributed by atoms with Crippen molar-refractivity contribution >= 4 is 56.2 Å². The molecule has 1 aliphatic heterocycles. The number of hydrogen-bond donors (Lipinski definition) is 1. The van der Waals surface area contributed by atoms with Crippen LogP contribution in [-0.4, -0.2) is 30.6 Å². The first-order chi connectivity index (χ1) is 13.1. The molecule has 0 aliphatic carbocycles. The van der Waals surface area contributed by atoms with Gasteiger partial charge in [0.25, 0.3) is 5.91 Å². The van der Waals surface area contributed by atoms with Crippen molar-refractivity contribution in [2.24, 2.45) is 0 Å². The first kappa shape index (κ1) is 19.7. The molecule has 1 aliphatic rings. The third-order valence-electron chi connectivity index (χ3n) is 3.57. The van der Waals surface area contributed by atoms with Crippen LogP contribution in [0.5, 0.6) is 17.2 Å². The molecule has 8 heteroatoms. The van der Waals surface area contributed by atoms with Crippen molar-refractivity contribution in [3.05, 3.63) is 57.4 Å². The Balaban J connectivity index is 1.66. The standard InChI is InChI=1S/C19H16BrNO4S2/c1-23-15-4-2-3-5-16(15)25-9-8-24-14-7-6-13(20)10-12(14)11-17-18(22)21-19(26)27-17/h2-7,10-11H,8-9H2,1H3,(H,21,22,26). The molecular formula is C19H16BrNO4S2. The molecule has 0 unspecified atom stereocenters. The van der Waals surface area contributed by atoms with Crippen molar-refractivity contribution < 1.29 is 19.0 Å². The van der Waals surface area contributed by atoms with E-state index in [-0.39, 0.29) is 5.91 Å². The van der Waals surface area contributed by atoms with Crippen LogP contribution in [0.4, 0.5) is 0 Å². The predicted molar refractivity (Wildman–Crippen MR) is 114 cm³/mol. The van der Waals surface area contributed by atoms with Crippen molar-refractivity contribution in [2.45, 2.75) is 0 Å².